The molecule has 0 aliphatic carbocycles. The van der Waals surface area contributed by atoms with E-state index in [9.17, 15) is 13.6 Å². The molecule has 0 aromatic carbocycles. The second-order valence-corrected chi connectivity index (χ2v) is 5.18. The lowest BCUT2D eigenvalue weighted by atomic mass is 10.3. The zero-order chi connectivity index (χ0) is 13.7. The summed E-state index contributed by atoms with van der Waals surface area (Å²) in [5.74, 6) is -0.277. The topological polar surface area (TPSA) is 67.2 Å². The molecule has 1 rings (SSSR count). The molecule has 0 aliphatic heterocycles. The number of thiophene rings is 1. The van der Waals surface area contributed by atoms with Crippen molar-refractivity contribution in [2.24, 2.45) is 0 Å². The van der Waals surface area contributed by atoms with Crippen molar-refractivity contribution in [1.82, 2.24) is 5.32 Å². The highest BCUT2D eigenvalue weighted by Gasteiger charge is 2.20. The third kappa shape index (κ3) is 3.49. The summed E-state index contributed by atoms with van der Waals surface area (Å²) in [6, 6.07) is 0. The van der Waals surface area contributed by atoms with Crippen LogP contribution in [0.1, 0.15) is 16.6 Å². The predicted octanol–water partition coefficient (Wildman–Crippen LogP) is 2.48. The van der Waals surface area contributed by atoms with Gasteiger partial charge in [0.2, 0.25) is 0 Å². The largest absolute Gasteiger partial charge is 0.396 e. The molecule has 1 amide bonds. The van der Waals surface area contributed by atoms with Gasteiger partial charge < -0.3 is 16.4 Å². The number of carbonyl (C=O) groups is 1. The Labute approximate surface area is 112 Å². The second-order valence-electron chi connectivity index (χ2n) is 3.34. The lowest BCUT2D eigenvalue weighted by molar-refractivity contribution is 0.0960. The highest BCUT2D eigenvalue weighted by molar-refractivity contribution is 7.99. The molecule has 0 radical (unpaired) electrons. The summed E-state index contributed by atoms with van der Waals surface area (Å²) in [4.78, 5) is 12.7. The summed E-state index contributed by atoms with van der Waals surface area (Å²) in [6.07, 6.45) is -0.663. The van der Waals surface area contributed by atoms with E-state index in [1.54, 1.807) is 13.2 Å². The van der Waals surface area contributed by atoms with Crippen LogP contribution in [0, 0.1) is 0 Å². The summed E-state index contributed by atoms with van der Waals surface area (Å²) < 4.78 is 24.3. The average Bonchev–Trinajstić information content (AvgIpc) is 2.63. The molecule has 1 heterocycles. The Morgan fingerprint density at radius 3 is 2.72 bits per heavy atom. The van der Waals surface area contributed by atoms with Gasteiger partial charge in [0.25, 0.3) is 12.3 Å². The Morgan fingerprint density at radius 1 is 1.56 bits per heavy atom. The second kappa shape index (κ2) is 6.79. The van der Waals surface area contributed by atoms with Gasteiger partial charge in [0.05, 0.1) is 17.1 Å². The average molecular weight is 295 g/mol. The fourth-order valence-electron chi connectivity index (χ4n) is 1.33. The molecule has 4 nitrogen and oxygen atoms in total. The van der Waals surface area contributed by atoms with E-state index < -0.39 is 13.0 Å². The number of thioether (sulfide) groups is 1. The standard InChI is InChI=1S/C10H15F2N3OS2/c1-3-14-9(16)7-6(13)8(17-2)10(18-7)15-4-5(11)12/h5,15H,3-4,13H2,1-2H3,(H,14,16). The summed E-state index contributed by atoms with van der Waals surface area (Å²) >= 11 is 2.43. The van der Waals surface area contributed by atoms with Gasteiger partial charge in [-0.15, -0.1) is 23.1 Å². The molecule has 4 N–H and O–H groups in total. The van der Waals surface area contributed by atoms with Gasteiger partial charge in [-0.25, -0.2) is 8.78 Å². The minimum Gasteiger partial charge on any atom is -0.396 e. The molecule has 0 atom stereocenters. The van der Waals surface area contributed by atoms with Crippen LogP contribution in [0.2, 0.25) is 0 Å². The highest BCUT2D eigenvalue weighted by Crippen LogP contribution is 2.41. The number of nitrogens with two attached hydrogens (primary N) is 1. The van der Waals surface area contributed by atoms with Crippen molar-refractivity contribution in [2.75, 3.05) is 30.4 Å². The quantitative estimate of drug-likeness (QED) is 0.705. The molecule has 0 saturated carbocycles. The van der Waals surface area contributed by atoms with E-state index in [-0.39, 0.29) is 5.91 Å². The highest BCUT2D eigenvalue weighted by atomic mass is 32.2. The van der Waals surface area contributed by atoms with Crippen LogP contribution in [0.4, 0.5) is 19.5 Å². The van der Waals surface area contributed by atoms with Crippen molar-refractivity contribution in [3.8, 4) is 0 Å². The number of nitrogens with one attached hydrogen (secondary N) is 2. The van der Waals surface area contributed by atoms with Crippen molar-refractivity contribution in [2.45, 2.75) is 18.2 Å². The van der Waals surface area contributed by atoms with E-state index in [1.165, 1.54) is 11.8 Å². The molecular weight excluding hydrogens is 280 g/mol. The number of nitrogen functional groups attached to an aromatic ring is 1. The smallest absolute Gasteiger partial charge is 0.263 e. The predicted molar refractivity (Wildman–Crippen MR) is 73.0 cm³/mol. The van der Waals surface area contributed by atoms with E-state index in [0.29, 0.717) is 27.0 Å². The van der Waals surface area contributed by atoms with Crippen LogP contribution < -0.4 is 16.4 Å². The molecule has 0 unspecified atom stereocenters. The molecule has 1 aromatic heterocycles. The van der Waals surface area contributed by atoms with Gasteiger partial charge in [-0.1, -0.05) is 0 Å². The summed E-state index contributed by atoms with van der Waals surface area (Å²) in [5.41, 5.74) is 6.20. The van der Waals surface area contributed by atoms with Gasteiger partial charge >= 0.3 is 0 Å². The molecule has 0 fully saturated rings. The monoisotopic (exact) mass is 295 g/mol. The first-order chi connectivity index (χ1) is 8.51. The lowest BCUT2D eigenvalue weighted by Gasteiger charge is -2.04. The number of anilines is 2. The first-order valence-corrected chi connectivity index (χ1v) is 7.31. The minimum atomic E-state index is -2.45. The van der Waals surface area contributed by atoms with E-state index in [4.69, 9.17) is 5.73 Å². The maximum Gasteiger partial charge on any atom is 0.263 e. The minimum absolute atomic E-state index is 0.277. The van der Waals surface area contributed by atoms with Gasteiger partial charge in [0, 0.05) is 6.54 Å². The maximum absolute atomic E-state index is 12.2. The number of amides is 1. The van der Waals surface area contributed by atoms with Crippen molar-refractivity contribution >= 4 is 39.7 Å². The lowest BCUT2D eigenvalue weighted by Crippen LogP contribution is -2.22. The fourth-order valence-corrected chi connectivity index (χ4v) is 3.29. The molecule has 0 spiro atoms. The van der Waals surface area contributed by atoms with Gasteiger partial charge in [0.15, 0.2) is 0 Å². The maximum atomic E-state index is 12.2. The van der Waals surface area contributed by atoms with E-state index >= 15 is 0 Å². The molecule has 1 aromatic rings. The Hall–Kier alpha value is -1.02. The number of halogens is 2. The zero-order valence-corrected chi connectivity index (χ0v) is 11.7. The zero-order valence-electron chi connectivity index (χ0n) is 10.0. The van der Waals surface area contributed by atoms with Crippen molar-refractivity contribution in [1.29, 1.82) is 0 Å². The van der Waals surface area contributed by atoms with Gasteiger partial charge in [-0.2, -0.15) is 0 Å². The van der Waals surface area contributed by atoms with E-state index in [2.05, 4.69) is 10.6 Å². The number of alkyl halides is 2. The van der Waals surface area contributed by atoms with Crippen LogP contribution >= 0.6 is 23.1 Å². The third-order valence-electron chi connectivity index (χ3n) is 2.06. The van der Waals surface area contributed by atoms with Gasteiger partial charge in [-0.3, -0.25) is 4.79 Å². The first kappa shape index (κ1) is 15.0. The van der Waals surface area contributed by atoms with Gasteiger partial charge in [0.1, 0.15) is 9.88 Å². The number of rotatable bonds is 6. The molecule has 0 saturated heterocycles. The normalized spacial score (nSPS) is 10.7. The molecule has 102 valence electrons. The summed E-state index contributed by atoms with van der Waals surface area (Å²) in [6.45, 7) is 1.83. The van der Waals surface area contributed by atoms with Crippen LogP contribution in [0.25, 0.3) is 0 Å². The van der Waals surface area contributed by atoms with Crippen LogP contribution in [0.3, 0.4) is 0 Å². The van der Waals surface area contributed by atoms with Crippen LogP contribution in [-0.4, -0.2) is 31.7 Å². The van der Waals surface area contributed by atoms with Gasteiger partial charge in [-0.05, 0) is 13.2 Å². The number of hydrogen-bond donors (Lipinski definition) is 3. The fraction of sp³-hybridized carbons (Fsp3) is 0.500. The van der Waals surface area contributed by atoms with E-state index in [1.807, 2.05) is 0 Å². The van der Waals surface area contributed by atoms with Crippen LogP contribution in [0.5, 0.6) is 0 Å². The summed E-state index contributed by atoms with van der Waals surface area (Å²) in [7, 11) is 0. The first-order valence-electron chi connectivity index (χ1n) is 5.27. The Morgan fingerprint density at radius 2 is 2.22 bits per heavy atom. The number of hydrogen-bond acceptors (Lipinski definition) is 5. The van der Waals surface area contributed by atoms with Crippen molar-refractivity contribution < 1.29 is 13.6 Å². The van der Waals surface area contributed by atoms with E-state index in [0.717, 1.165) is 11.3 Å². The van der Waals surface area contributed by atoms with Crippen molar-refractivity contribution in [3.63, 3.8) is 0 Å². The third-order valence-corrected chi connectivity index (χ3v) is 4.19. The molecule has 0 bridgehead atoms. The van der Waals surface area contributed by atoms with Crippen molar-refractivity contribution in [3.05, 3.63) is 4.88 Å². The molecule has 8 heteroatoms. The SMILES string of the molecule is CCNC(=O)c1sc(NCC(F)F)c(SC)c1N. The molecular formula is C10H15F2N3OS2. The molecule has 0 aliphatic rings. The summed E-state index contributed by atoms with van der Waals surface area (Å²) in [5, 5.41) is 5.76. The number of carbonyl (C=O) groups excluding carboxylic acids is 1. The van der Waals surface area contributed by atoms with Crippen LogP contribution in [-0.2, 0) is 0 Å². The Bertz CT molecular complexity index is 424. The molecule has 18 heavy (non-hydrogen) atoms. The Balaban J connectivity index is 2.97. The van der Waals surface area contributed by atoms with Crippen LogP contribution in [0.15, 0.2) is 4.90 Å². The Kier molecular flexibility index (Phi) is 5.67.